The maximum atomic E-state index is 12.2. The van der Waals surface area contributed by atoms with Gasteiger partial charge in [0.15, 0.2) is 0 Å². The van der Waals surface area contributed by atoms with Crippen molar-refractivity contribution in [3.8, 4) is 5.75 Å². The number of benzene rings is 1. The number of phenolic OH excluding ortho intramolecular Hbond substituents is 1. The van der Waals surface area contributed by atoms with Gasteiger partial charge in [-0.25, -0.2) is 0 Å². The highest BCUT2D eigenvalue weighted by Crippen LogP contribution is 2.27. The Morgan fingerprint density at radius 1 is 1.47 bits per heavy atom. The molecule has 1 aromatic rings. The minimum Gasteiger partial charge on any atom is -0.508 e. The Bertz CT molecular complexity index is 459. The Hall–Kier alpha value is -1.71. The van der Waals surface area contributed by atoms with Crippen LogP contribution in [0.25, 0.3) is 0 Å². The lowest BCUT2D eigenvalue weighted by Gasteiger charge is -2.29. The van der Waals surface area contributed by atoms with Crippen LogP contribution in [0.2, 0.25) is 0 Å². The number of aromatic hydroxyl groups is 1. The molecule has 4 nitrogen and oxygen atoms in total. The molecule has 2 unspecified atom stereocenters. The minimum absolute atomic E-state index is 0.0643. The van der Waals surface area contributed by atoms with Gasteiger partial charge in [-0.15, -0.1) is 0 Å². The number of anilines is 1. The maximum Gasteiger partial charge on any atom is 0.253 e. The van der Waals surface area contributed by atoms with Crippen LogP contribution in [0.1, 0.15) is 49.4 Å². The first-order valence-electron chi connectivity index (χ1n) is 6.99. The molecule has 1 fully saturated rings. The van der Waals surface area contributed by atoms with Gasteiger partial charge in [-0.1, -0.05) is 26.2 Å². The number of carbonyl (C=O) groups is 1. The van der Waals surface area contributed by atoms with Crippen LogP contribution in [-0.4, -0.2) is 17.1 Å². The second kappa shape index (κ2) is 5.95. The van der Waals surface area contributed by atoms with Crippen LogP contribution < -0.4 is 11.1 Å². The van der Waals surface area contributed by atoms with Crippen molar-refractivity contribution in [2.24, 2.45) is 5.92 Å². The number of amides is 1. The predicted molar refractivity (Wildman–Crippen MR) is 76.0 cm³/mol. The summed E-state index contributed by atoms with van der Waals surface area (Å²) in [6, 6.07) is 4.69. The van der Waals surface area contributed by atoms with Crippen molar-refractivity contribution in [1.82, 2.24) is 5.32 Å². The van der Waals surface area contributed by atoms with E-state index in [1.165, 1.54) is 31.4 Å². The summed E-state index contributed by atoms with van der Waals surface area (Å²) in [5, 5.41) is 12.5. The molecule has 0 spiro atoms. The number of nitrogens with two attached hydrogens (primary N) is 1. The molecule has 0 bridgehead atoms. The molecule has 1 aromatic carbocycles. The van der Waals surface area contributed by atoms with E-state index in [9.17, 15) is 9.90 Å². The summed E-state index contributed by atoms with van der Waals surface area (Å²) in [6.07, 6.45) is 5.67. The zero-order chi connectivity index (χ0) is 13.8. The first-order chi connectivity index (χ1) is 9.10. The van der Waals surface area contributed by atoms with Gasteiger partial charge in [0, 0.05) is 11.7 Å². The van der Waals surface area contributed by atoms with Crippen LogP contribution in [-0.2, 0) is 0 Å². The Kier molecular flexibility index (Phi) is 4.30. The molecule has 2 rings (SSSR count). The van der Waals surface area contributed by atoms with Gasteiger partial charge in [0.25, 0.3) is 5.91 Å². The van der Waals surface area contributed by atoms with Gasteiger partial charge in [0.05, 0.1) is 5.56 Å². The van der Waals surface area contributed by atoms with Crippen molar-refractivity contribution in [1.29, 1.82) is 0 Å². The van der Waals surface area contributed by atoms with E-state index in [-0.39, 0.29) is 17.7 Å². The minimum atomic E-state index is -0.185. The van der Waals surface area contributed by atoms with E-state index in [0.29, 0.717) is 17.2 Å². The van der Waals surface area contributed by atoms with Gasteiger partial charge in [-0.3, -0.25) is 4.79 Å². The van der Waals surface area contributed by atoms with Crippen molar-refractivity contribution in [2.45, 2.75) is 45.1 Å². The molecular formula is C15H22N2O2. The summed E-state index contributed by atoms with van der Waals surface area (Å²) in [4.78, 5) is 12.2. The Morgan fingerprint density at radius 3 is 3.00 bits per heavy atom. The Morgan fingerprint density at radius 2 is 2.26 bits per heavy atom. The smallest absolute Gasteiger partial charge is 0.253 e. The average molecular weight is 262 g/mol. The molecule has 19 heavy (non-hydrogen) atoms. The van der Waals surface area contributed by atoms with Gasteiger partial charge >= 0.3 is 0 Å². The van der Waals surface area contributed by atoms with Gasteiger partial charge in [-0.2, -0.15) is 0 Å². The monoisotopic (exact) mass is 262 g/mol. The fraction of sp³-hybridized carbons (Fsp3) is 0.533. The highest BCUT2D eigenvalue weighted by atomic mass is 16.3. The number of carbonyl (C=O) groups excluding carboxylic acids is 1. The molecular weight excluding hydrogens is 240 g/mol. The van der Waals surface area contributed by atoms with Gasteiger partial charge in [0.2, 0.25) is 0 Å². The molecule has 104 valence electrons. The zero-order valence-corrected chi connectivity index (χ0v) is 11.4. The molecule has 1 saturated carbocycles. The zero-order valence-electron chi connectivity index (χ0n) is 11.4. The summed E-state index contributed by atoms with van der Waals surface area (Å²) in [7, 11) is 0. The normalized spacial score (nSPS) is 23.0. The molecule has 4 heteroatoms. The van der Waals surface area contributed by atoms with Crippen LogP contribution in [0.5, 0.6) is 5.75 Å². The van der Waals surface area contributed by atoms with Crippen molar-refractivity contribution in [3.05, 3.63) is 23.8 Å². The van der Waals surface area contributed by atoms with Crippen molar-refractivity contribution >= 4 is 11.6 Å². The largest absolute Gasteiger partial charge is 0.508 e. The standard InChI is InChI=1S/C15H22N2O2/c1-2-10-4-3-5-11(8-10)17-15(19)13-9-12(18)6-7-14(13)16/h6-7,9-11,18H,2-5,8,16H2,1H3,(H,17,19). The lowest BCUT2D eigenvalue weighted by atomic mass is 9.84. The van der Waals surface area contributed by atoms with E-state index >= 15 is 0 Å². The molecule has 2 atom stereocenters. The third-order valence-electron chi connectivity index (χ3n) is 3.98. The molecule has 0 aromatic heterocycles. The second-order valence-electron chi connectivity index (χ2n) is 5.38. The highest BCUT2D eigenvalue weighted by Gasteiger charge is 2.23. The Labute approximate surface area is 114 Å². The number of phenols is 1. The molecule has 1 amide bonds. The lowest BCUT2D eigenvalue weighted by molar-refractivity contribution is 0.0919. The number of rotatable bonds is 3. The summed E-state index contributed by atoms with van der Waals surface area (Å²) in [5.41, 5.74) is 6.54. The molecule has 0 heterocycles. The van der Waals surface area contributed by atoms with E-state index in [2.05, 4.69) is 12.2 Å². The maximum absolute atomic E-state index is 12.2. The molecule has 0 saturated heterocycles. The molecule has 4 N–H and O–H groups in total. The van der Waals surface area contributed by atoms with Crippen LogP contribution in [0.3, 0.4) is 0 Å². The summed E-state index contributed by atoms with van der Waals surface area (Å²) in [6.45, 7) is 2.20. The highest BCUT2D eigenvalue weighted by molar-refractivity contribution is 5.99. The fourth-order valence-electron chi connectivity index (χ4n) is 2.80. The van der Waals surface area contributed by atoms with Crippen molar-refractivity contribution in [2.75, 3.05) is 5.73 Å². The van der Waals surface area contributed by atoms with E-state index in [1.807, 2.05) is 0 Å². The predicted octanol–water partition coefficient (Wildman–Crippen LogP) is 2.67. The van der Waals surface area contributed by atoms with E-state index in [4.69, 9.17) is 5.73 Å². The SMILES string of the molecule is CCC1CCCC(NC(=O)c2cc(O)ccc2N)C1. The molecule has 0 radical (unpaired) electrons. The van der Waals surface area contributed by atoms with Crippen LogP contribution in [0.15, 0.2) is 18.2 Å². The third kappa shape index (κ3) is 3.40. The summed E-state index contributed by atoms with van der Waals surface area (Å²) >= 11 is 0. The number of hydrogen-bond acceptors (Lipinski definition) is 3. The van der Waals surface area contributed by atoms with E-state index in [0.717, 1.165) is 12.8 Å². The van der Waals surface area contributed by atoms with Gasteiger partial charge in [-0.05, 0) is 37.0 Å². The first kappa shape index (κ1) is 13.7. The Balaban J connectivity index is 2.02. The second-order valence-corrected chi connectivity index (χ2v) is 5.38. The number of nitrogens with one attached hydrogen (secondary N) is 1. The molecule has 0 aliphatic heterocycles. The van der Waals surface area contributed by atoms with Crippen LogP contribution in [0.4, 0.5) is 5.69 Å². The van der Waals surface area contributed by atoms with Crippen molar-refractivity contribution < 1.29 is 9.90 Å². The lowest BCUT2D eigenvalue weighted by Crippen LogP contribution is -2.38. The first-order valence-corrected chi connectivity index (χ1v) is 6.99. The molecule has 1 aliphatic carbocycles. The number of nitrogen functional groups attached to an aromatic ring is 1. The molecule has 1 aliphatic rings. The average Bonchev–Trinajstić information content (AvgIpc) is 2.41. The quantitative estimate of drug-likeness (QED) is 0.579. The third-order valence-corrected chi connectivity index (χ3v) is 3.98. The van der Waals surface area contributed by atoms with Crippen molar-refractivity contribution in [3.63, 3.8) is 0 Å². The van der Waals surface area contributed by atoms with Crippen LogP contribution >= 0.6 is 0 Å². The van der Waals surface area contributed by atoms with Gasteiger partial charge < -0.3 is 16.2 Å². The number of hydrogen-bond donors (Lipinski definition) is 3. The van der Waals surface area contributed by atoms with E-state index < -0.39 is 0 Å². The van der Waals surface area contributed by atoms with Gasteiger partial charge in [0.1, 0.15) is 5.75 Å². The van der Waals surface area contributed by atoms with Crippen LogP contribution in [0, 0.1) is 5.92 Å². The fourth-order valence-corrected chi connectivity index (χ4v) is 2.80. The summed E-state index contributed by atoms with van der Waals surface area (Å²) < 4.78 is 0. The topological polar surface area (TPSA) is 75.3 Å². The summed E-state index contributed by atoms with van der Waals surface area (Å²) in [5.74, 6) is 0.588. The van der Waals surface area contributed by atoms with E-state index in [1.54, 1.807) is 6.07 Å².